The maximum absolute atomic E-state index is 12.8. The lowest BCUT2D eigenvalue weighted by molar-refractivity contribution is 0.0994. The van der Waals surface area contributed by atoms with Gasteiger partial charge in [0, 0.05) is 13.2 Å². The number of benzene rings is 2. The summed E-state index contributed by atoms with van der Waals surface area (Å²) in [5.41, 5.74) is 0.703. The normalized spacial score (nSPS) is 12.1. The lowest BCUT2D eigenvalue weighted by Gasteiger charge is -2.06. The largest absolute Gasteiger partial charge is 0.463 e. The van der Waals surface area contributed by atoms with Crippen LogP contribution in [0.2, 0.25) is 5.02 Å². The molecule has 0 aliphatic carbocycles. The fraction of sp³-hybridized carbons (Fsp3) is 0.190. The van der Waals surface area contributed by atoms with Gasteiger partial charge in [-0.15, -0.1) is 0 Å². The number of aromatic nitrogens is 1. The number of amides is 1. The predicted octanol–water partition coefficient (Wildman–Crippen LogP) is 4.24. The highest BCUT2D eigenvalue weighted by atomic mass is 35.5. The highest BCUT2D eigenvalue weighted by molar-refractivity contribution is 7.16. The number of carbonyl (C=O) groups is 1. The highest BCUT2D eigenvalue weighted by Crippen LogP contribution is 2.25. The Morgan fingerprint density at radius 1 is 1.24 bits per heavy atom. The van der Waals surface area contributed by atoms with E-state index in [0.717, 1.165) is 10.2 Å². The van der Waals surface area contributed by atoms with Gasteiger partial charge in [0.05, 0.1) is 27.2 Å². The van der Waals surface area contributed by atoms with Crippen molar-refractivity contribution in [2.45, 2.75) is 13.5 Å². The third-order valence-electron chi connectivity index (χ3n) is 4.42. The quantitative estimate of drug-likeness (QED) is 0.445. The van der Waals surface area contributed by atoms with E-state index in [4.69, 9.17) is 20.8 Å². The van der Waals surface area contributed by atoms with E-state index in [1.807, 2.05) is 23.6 Å². The Balaban J connectivity index is 1.84. The molecule has 4 rings (SSSR count). The Bertz CT molecular complexity index is 1340. The number of halogens is 1. The molecule has 148 valence electrons. The van der Waals surface area contributed by atoms with Crippen LogP contribution in [0.15, 0.2) is 62.9 Å². The van der Waals surface area contributed by atoms with Crippen LogP contribution in [0.1, 0.15) is 17.3 Å². The van der Waals surface area contributed by atoms with Crippen molar-refractivity contribution in [3.8, 4) is 0 Å². The molecule has 0 unspecified atom stereocenters. The average molecular weight is 429 g/mol. The average Bonchev–Trinajstić information content (AvgIpc) is 3.07. The van der Waals surface area contributed by atoms with Crippen LogP contribution in [0.4, 0.5) is 0 Å². The van der Waals surface area contributed by atoms with Gasteiger partial charge in [-0.25, -0.2) is 0 Å². The summed E-state index contributed by atoms with van der Waals surface area (Å²) in [5, 5.41) is 0.909. The van der Waals surface area contributed by atoms with Gasteiger partial charge in [-0.05, 0) is 31.2 Å². The lowest BCUT2D eigenvalue weighted by atomic mass is 10.2. The summed E-state index contributed by atoms with van der Waals surface area (Å²) in [7, 11) is 0. The molecule has 0 spiro atoms. The molecule has 2 aromatic carbocycles. The monoisotopic (exact) mass is 428 g/mol. The SMILES string of the molecule is CCOCCn1c(=NC(=O)c2coc3ccccc3c2=O)sc2cccc(Cl)c21. The first-order valence-electron chi connectivity index (χ1n) is 9.05. The van der Waals surface area contributed by atoms with Crippen molar-refractivity contribution in [1.82, 2.24) is 4.57 Å². The standard InChI is InChI=1S/C21H17ClN2O4S/c1-2-27-11-10-24-18-15(22)7-5-9-17(18)29-21(24)23-20(26)14-12-28-16-8-4-3-6-13(16)19(14)25/h3-9,12H,2,10-11H2,1H3. The summed E-state index contributed by atoms with van der Waals surface area (Å²) in [6.07, 6.45) is 1.17. The Labute approximate surface area is 174 Å². The maximum atomic E-state index is 12.8. The molecule has 4 aromatic rings. The van der Waals surface area contributed by atoms with Gasteiger partial charge in [-0.3, -0.25) is 9.59 Å². The number of ether oxygens (including phenoxy) is 1. The van der Waals surface area contributed by atoms with Crippen molar-refractivity contribution in [1.29, 1.82) is 0 Å². The van der Waals surface area contributed by atoms with Gasteiger partial charge >= 0.3 is 0 Å². The van der Waals surface area contributed by atoms with Crippen LogP contribution < -0.4 is 10.2 Å². The van der Waals surface area contributed by atoms with Crippen molar-refractivity contribution in [2.75, 3.05) is 13.2 Å². The first kappa shape index (κ1) is 19.6. The second-order valence-corrected chi connectivity index (χ2v) is 7.63. The summed E-state index contributed by atoms with van der Waals surface area (Å²) < 4.78 is 13.6. The van der Waals surface area contributed by atoms with Gasteiger partial charge < -0.3 is 13.7 Å². The highest BCUT2D eigenvalue weighted by Gasteiger charge is 2.16. The molecule has 29 heavy (non-hydrogen) atoms. The van der Waals surface area contributed by atoms with E-state index in [1.54, 1.807) is 30.3 Å². The summed E-state index contributed by atoms with van der Waals surface area (Å²) >= 11 is 7.72. The molecule has 2 aromatic heterocycles. The molecule has 0 atom stereocenters. The topological polar surface area (TPSA) is 73.8 Å². The summed E-state index contributed by atoms with van der Waals surface area (Å²) in [4.78, 5) is 30.2. The van der Waals surface area contributed by atoms with Crippen molar-refractivity contribution >= 4 is 50.0 Å². The van der Waals surface area contributed by atoms with Gasteiger partial charge in [0.2, 0.25) is 5.43 Å². The van der Waals surface area contributed by atoms with E-state index in [2.05, 4.69) is 4.99 Å². The van der Waals surface area contributed by atoms with Crippen LogP contribution in [0.3, 0.4) is 0 Å². The van der Waals surface area contributed by atoms with Crippen molar-refractivity contribution in [3.05, 3.63) is 74.3 Å². The number of fused-ring (bicyclic) bond motifs is 2. The molecule has 8 heteroatoms. The molecule has 0 fully saturated rings. The second kappa shape index (κ2) is 8.32. The molecule has 1 amide bonds. The van der Waals surface area contributed by atoms with Crippen molar-refractivity contribution in [2.24, 2.45) is 4.99 Å². The molecule has 0 aliphatic rings. The molecular formula is C21H17ClN2O4S. The maximum Gasteiger partial charge on any atom is 0.286 e. The molecule has 0 saturated heterocycles. The Morgan fingerprint density at radius 3 is 2.90 bits per heavy atom. The number of hydrogen-bond acceptors (Lipinski definition) is 5. The van der Waals surface area contributed by atoms with Crippen LogP contribution in [-0.4, -0.2) is 23.7 Å². The number of rotatable bonds is 5. The molecule has 0 N–H and O–H groups in total. The third-order valence-corrected chi connectivity index (χ3v) is 5.77. The van der Waals surface area contributed by atoms with Crippen molar-refractivity contribution in [3.63, 3.8) is 0 Å². The lowest BCUT2D eigenvalue weighted by Crippen LogP contribution is -2.21. The minimum atomic E-state index is -0.655. The number of para-hydroxylation sites is 2. The molecule has 0 saturated carbocycles. The van der Waals surface area contributed by atoms with E-state index in [-0.39, 0.29) is 5.56 Å². The fourth-order valence-electron chi connectivity index (χ4n) is 3.05. The molecule has 0 radical (unpaired) electrons. The van der Waals surface area contributed by atoms with Crippen LogP contribution >= 0.6 is 22.9 Å². The Morgan fingerprint density at radius 2 is 2.07 bits per heavy atom. The number of thiazole rings is 1. The van der Waals surface area contributed by atoms with Gasteiger partial charge in [-0.2, -0.15) is 4.99 Å². The zero-order chi connectivity index (χ0) is 20.4. The first-order valence-corrected chi connectivity index (χ1v) is 10.2. The van der Waals surface area contributed by atoms with Crippen LogP contribution in [0.5, 0.6) is 0 Å². The third kappa shape index (κ3) is 3.76. The zero-order valence-electron chi connectivity index (χ0n) is 15.6. The molecule has 0 bridgehead atoms. The fourth-order valence-corrected chi connectivity index (χ4v) is 4.47. The second-order valence-electron chi connectivity index (χ2n) is 6.21. The van der Waals surface area contributed by atoms with Gasteiger partial charge in [0.15, 0.2) is 4.80 Å². The molecular weight excluding hydrogens is 412 g/mol. The summed E-state index contributed by atoms with van der Waals surface area (Å²) in [5.74, 6) is -0.655. The first-order chi connectivity index (χ1) is 14.1. The van der Waals surface area contributed by atoms with Crippen molar-refractivity contribution < 1.29 is 13.9 Å². The Hall–Kier alpha value is -2.74. The van der Waals surface area contributed by atoms with Crippen LogP contribution in [0, 0.1) is 0 Å². The molecule has 2 heterocycles. The number of hydrogen-bond donors (Lipinski definition) is 0. The summed E-state index contributed by atoms with van der Waals surface area (Å²) in [6, 6.07) is 12.3. The van der Waals surface area contributed by atoms with E-state index in [1.165, 1.54) is 17.6 Å². The summed E-state index contributed by atoms with van der Waals surface area (Å²) in [6.45, 7) is 3.43. The van der Waals surface area contributed by atoms with Gasteiger partial charge in [-0.1, -0.05) is 41.1 Å². The Kier molecular flexibility index (Phi) is 5.62. The van der Waals surface area contributed by atoms with E-state index in [9.17, 15) is 9.59 Å². The number of carbonyl (C=O) groups excluding carboxylic acids is 1. The predicted molar refractivity (Wildman–Crippen MR) is 114 cm³/mol. The number of nitrogens with zero attached hydrogens (tertiary/aromatic N) is 2. The van der Waals surface area contributed by atoms with Gasteiger partial charge in [0.1, 0.15) is 17.4 Å². The van der Waals surface area contributed by atoms with Gasteiger partial charge in [0.25, 0.3) is 5.91 Å². The van der Waals surface area contributed by atoms with E-state index >= 15 is 0 Å². The van der Waals surface area contributed by atoms with Crippen LogP contribution in [0.25, 0.3) is 21.2 Å². The van der Waals surface area contributed by atoms with Crippen LogP contribution in [-0.2, 0) is 11.3 Å². The minimum absolute atomic E-state index is 0.108. The molecule has 6 nitrogen and oxygen atoms in total. The zero-order valence-corrected chi connectivity index (χ0v) is 17.1. The van der Waals surface area contributed by atoms with E-state index < -0.39 is 11.3 Å². The van der Waals surface area contributed by atoms with E-state index in [0.29, 0.717) is 40.6 Å². The molecule has 0 aliphatic heterocycles. The smallest absolute Gasteiger partial charge is 0.286 e. The minimum Gasteiger partial charge on any atom is -0.463 e.